The molecular weight excluding hydrogens is 154 g/mol. The molecule has 0 heterocycles. The van der Waals surface area contributed by atoms with Crippen LogP contribution in [-0.4, -0.2) is 23.5 Å². The van der Waals surface area contributed by atoms with Gasteiger partial charge in [-0.25, -0.2) is 0 Å². The van der Waals surface area contributed by atoms with Crippen molar-refractivity contribution in [2.24, 2.45) is 0 Å². The van der Waals surface area contributed by atoms with Gasteiger partial charge in [0.15, 0.2) is 0 Å². The lowest BCUT2D eigenvalue weighted by molar-refractivity contribution is -0.117. The summed E-state index contributed by atoms with van der Waals surface area (Å²) in [5.74, 6) is 0.228. The Morgan fingerprint density at radius 1 is 1.50 bits per heavy atom. The second-order valence-electron chi connectivity index (χ2n) is 2.65. The summed E-state index contributed by atoms with van der Waals surface area (Å²) in [6.07, 6.45) is 0.729. The molecule has 0 aliphatic carbocycles. The van der Waals surface area contributed by atoms with Gasteiger partial charge in [0.1, 0.15) is 5.75 Å². The highest BCUT2D eigenvalue weighted by Crippen LogP contribution is 2.16. The van der Waals surface area contributed by atoms with E-state index in [0.717, 1.165) is 12.0 Å². The standard InChI is InChI=1S/C9H11NO2/c1-10(7-11)6-8-4-2-3-5-9(8)12/h2-5,7,12H,6H2,1H3. The number of hydrogen-bond donors (Lipinski definition) is 1. The Hall–Kier alpha value is -1.51. The van der Waals surface area contributed by atoms with Crippen LogP contribution >= 0.6 is 0 Å². The molecule has 1 aromatic rings. The van der Waals surface area contributed by atoms with Gasteiger partial charge in [-0.2, -0.15) is 0 Å². The van der Waals surface area contributed by atoms with E-state index in [-0.39, 0.29) is 5.75 Å². The second-order valence-corrected chi connectivity index (χ2v) is 2.65. The van der Waals surface area contributed by atoms with Crippen LogP contribution in [0.4, 0.5) is 0 Å². The minimum absolute atomic E-state index is 0.228. The number of phenolic OH excluding ortho intramolecular Hbond substituents is 1. The molecule has 0 spiro atoms. The number of aromatic hydroxyl groups is 1. The number of phenols is 1. The smallest absolute Gasteiger partial charge is 0.209 e. The van der Waals surface area contributed by atoms with Gasteiger partial charge < -0.3 is 10.0 Å². The molecule has 0 aromatic heterocycles. The molecule has 64 valence electrons. The van der Waals surface area contributed by atoms with Crippen LogP contribution in [0.25, 0.3) is 0 Å². The van der Waals surface area contributed by atoms with Gasteiger partial charge in [-0.3, -0.25) is 4.79 Å². The van der Waals surface area contributed by atoms with Crippen LogP contribution in [0.2, 0.25) is 0 Å². The molecule has 3 nitrogen and oxygen atoms in total. The first-order valence-electron chi connectivity index (χ1n) is 3.66. The zero-order chi connectivity index (χ0) is 8.97. The highest BCUT2D eigenvalue weighted by atomic mass is 16.3. The summed E-state index contributed by atoms with van der Waals surface area (Å²) in [5.41, 5.74) is 0.757. The van der Waals surface area contributed by atoms with Crippen LogP contribution < -0.4 is 0 Å². The third-order valence-electron chi connectivity index (χ3n) is 1.59. The van der Waals surface area contributed by atoms with Crippen LogP contribution in [0.15, 0.2) is 24.3 Å². The molecule has 3 heteroatoms. The molecule has 0 aliphatic heterocycles. The Labute approximate surface area is 71.2 Å². The lowest BCUT2D eigenvalue weighted by Gasteiger charge is -2.10. The maximum Gasteiger partial charge on any atom is 0.209 e. The molecule has 1 amide bonds. The van der Waals surface area contributed by atoms with Crippen molar-refractivity contribution in [3.63, 3.8) is 0 Å². The zero-order valence-corrected chi connectivity index (χ0v) is 6.90. The average Bonchev–Trinajstić information content (AvgIpc) is 2.09. The fourth-order valence-electron chi connectivity index (χ4n) is 0.950. The van der Waals surface area contributed by atoms with Crippen LogP contribution in [0.5, 0.6) is 5.75 Å². The Kier molecular flexibility index (Phi) is 2.69. The molecular formula is C9H11NO2. The lowest BCUT2D eigenvalue weighted by atomic mass is 10.2. The molecule has 0 atom stereocenters. The van der Waals surface area contributed by atoms with Gasteiger partial charge in [-0.05, 0) is 6.07 Å². The van der Waals surface area contributed by atoms with Crippen molar-refractivity contribution in [2.45, 2.75) is 6.54 Å². The maximum absolute atomic E-state index is 10.3. The molecule has 0 bridgehead atoms. The van der Waals surface area contributed by atoms with Gasteiger partial charge in [-0.1, -0.05) is 18.2 Å². The number of rotatable bonds is 3. The van der Waals surface area contributed by atoms with Crippen molar-refractivity contribution < 1.29 is 9.90 Å². The topological polar surface area (TPSA) is 40.5 Å². The van der Waals surface area contributed by atoms with E-state index in [0.29, 0.717) is 6.54 Å². The van der Waals surface area contributed by atoms with Crippen molar-refractivity contribution >= 4 is 6.41 Å². The first kappa shape index (κ1) is 8.59. The van der Waals surface area contributed by atoms with Crippen molar-refractivity contribution in [3.05, 3.63) is 29.8 Å². The second kappa shape index (κ2) is 3.76. The summed E-state index contributed by atoms with van der Waals surface area (Å²) in [7, 11) is 1.67. The summed E-state index contributed by atoms with van der Waals surface area (Å²) in [6.45, 7) is 0.441. The molecule has 1 N–H and O–H groups in total. The molecule has 0 unspecified atom stereocenters. The number of para-hydroxylation sites is 1. The fourth-order valence-corrected chi connectivity index (χ4v) is 0.950. The van der Waals surface area contributed by atoms with Crippen molar-refractivity contribution in [3.8, 4) is 5.75 Å². The number of hydrogen-bond acceptors (Lipinski definition) is 2. The average molecular weight is 165 g/mol. The summed E-state index contributed by atoms with van der Waals surface area (Å²) in [4.78, 5) is 11.7. The first-order valence-corrected chi connectivity index (χ1v) is 3.66. The number of amides is 1. The lowest BCUT2D eigenvalue weighted by Crippen LogP contribution is -2.14. The SMILES string of the molecule is CN(C=O)Cc1ccccc1O. The molecule has 1 aromatic carbocycles. The minimum Gasteiger partial charge on any atom is -0.508 e. The van der Waals surface area contributed by atoms with Gasteiger partial charge in [0, 0.05) is 19.2 Å². The number of carbonyl (C=O) groups excluding carboxylic acids is 1. The van der Waals surface area contributed by atoms with Crippen LogP contribution in [0, 0.1) is 0 Å². The molecule has 0 fully saturated rings. The van der Waals surface area contributed by atoms with E-state index in [1.807, 2.05) is 6.07 Å². The van der Waals surface area contributed by atoms with Crippen LogP contribution in [0.3, 0.4) is 0 Å². The summed E-state index contributed by atoms with van der Waals surface area (Å²) < 4.78 is 0. The van der Waals surface area contributed by atoms with E-state index in [1.54, 1.807) is 25.2 Å². The van der Waals surface area contributed by atoms with Crippen LogP contribution in [0.1, 0.15) is 5.56 Å². The Balaban J connectivity index is 2.75. The zero-order valence-electron chi connectivity index (χ0n) is 6.90. The third-order valence-corrected chi connectivity index (χ3v) is 1.59. The van der Waals surface area contributed by atoms with E-state index in [2.05, 4.69) is 0 Å². The highest BCUT2D eigenvalue weighted by molar-refractivity contribution is 5.47. The van der Waals surface area contributed by atoms with E-state index >= 15 is 0 Å². The molecule has 12 heavy (non-hydrogen) atoms. The van der Waals surface area contributed by atoms with Gasteiger partial charge in [0.25, 0.3) is 0 Å². The van der Waals surface area contributed by atoms with Gasteiger partial charge >= 0.3 is 0 Å². The van der Waals surface area contributed by atoms with E-state index in [9.17, 15) is 9.90 Å². The molecule has 0 radical (unpaired) electrons. The number of benzene rings is 1. The van der Waals surface area contributed by atoms with Crippen molar-refractivity contribution in [1.82, 2.24) is 4.90 Å². The van der Waals surface area contributed by atoms with E-state index in [4.69, 9.17) is 0 Å². The Morgan fingerprint density at radius 2 is 2.17 bits per heavy atom. The van der Waals surface area contributed by atoms with Crippen molar-refractivity contribution in [1.29, 1.82) is 0 Å². The predicted molar refractivity (Wildman–Crippen MR) is 45.6 cm³/mol. The quantitative estimate of drug-likeness (QED) is 0.678. The third kappa shape index (κ3) is 1.99. The number of carbonyl (C=O) groups is 1. The minimum atomic E-state index is 0.228. The van der Waals surface area contributed by atoms with Crippen LogP contribution in [-0.2, 0) is 11.3 Å². The Bertz CT molecular complexity index is 273. The summed E-state index contributed by atoms with van der Waals surface area (Å²) >= 11 is 0. The van der Waals surface area contributed by atoms with Gasteiger partial charge in [0.05, 0.1) is 0 Å². The molecule has 0 aliphatic rings. The predicted octanol–water partition coefficient (Wildman–Crippen LogP) is 0.980. The Morgan fingerprint density at radius 3 is 2.75 bits per heavy atom. The maximum atomic E-state index is 10.3. The van der Waals surface area contributed by atoms with E-state index < -0.39 is 0 Å². The van der Waals surface area contributed by atoms with Crippen molar-refractivity contribution in [2.75, 3.05) is 7.05 Å². The first-order chi connectivity index (χ1) is 5.74. The largest absolute Gasteiger partial charge is 0.508 e. The fraction of sp³-hybridized carbons (Fsp3) is 0.222. The summed E-state index contributed by atoms with van der Waals surface area (Å²) in [6, 6.07) is 6.97. The molecule has 0 saturated heterocycles. The molecule has 0 saturated carbocycles. The number of nitrogens with zero attached hydrogens (tertiary/aromatic N) is 1. The molecule has 1 rings (SSSR count). The van der Waals surface area contributed by atoms with Gasteiger partial charge in [0.2, 0.25) is 6.41 Å². The normalized spacial score (nSPS) is 9.42. The summed E-state index contributed by atoms with van der Waals surface area (Å²) in [5, 5.41) is 9.31. The van der Waals surface area contributed by atoms with Gasteiger partial charge in [-0.15, -0.1) is 0 Å². The van der Waals surface area contributed by atoms with E-state index in [1.165, 1.54) is 4.90 Å². The monoisotopic (exact) mass is 165 g/mol. The highest BCUT2D eigenvalue weighted by Gasteiger charge is 2.00.